The maximum Gasteiger partial charge on any atom is 0.195 e. The van der Waals surface area contributed by atoms with Crippen LogP contribution in [0, 0.1) is 0 Å². The van der Waals surface area contributed by atoms with E-state index in [1.165, 1.54) is 0 Å². The largest absolute Gasteiger partial charge is 0.391 e. The molecule has 4 rings (SSSR count). The van der Waals surface area contributed by atoms with Crippen molar-refractivity contribution in [3.05, 3.63) is 84.1 Å². The van der Waals surface area contributed by atoms with Gasteiger partial charge in [-0.05, 0) is 23.3 Å². The lowest BCUT2D eigenvalue weighted by Crippen LogP contribution is -2.14. The molecule has 4 aromatic rings. The van der Waals surface area contributed by atoms with Gasteiger partial charge in [0.25, 0.3) is 0 Å². The average molecular weight is 357 g/mol. The van der Waals surface area contributed by atoms with Crippen molar-refractivity contribution >= 4 is 27.5 Å². The number of hydrogen-bond acceptors (Lipinski definition) is 2. The number of nitrogens with zero attached hydrogens (tertiary/aromatic N) is 1. The highest BCUT2D eigenvalue weighted by Gasteiger charge is 2.19. The lowest BCUT2D eigenvalue weighted by molar-refractivity contribution is 0.104. The van der Waals surface area contributed by atoms with E-state index < -0.39 is 6.10 Å². The predicted molar refractivity (Wildman–Crippen MR) is 110 cm³/mol. The standard InChI is InChI=1S/C24H23NO2/c1-2-8-18(26)15-25-16-22(20-12-5-6-14-23(20)25)24(27)21-13-7-10-17-9-3-4-11-19(17)21/h3-7,9-14,16,18,26H,2,8,15H2,1H3. The number of carbonyl (C=O) groups excluding carboxylic acids is 1. The minimum Gasteiger partial charge on any atom is -0.391 e. The third kappa shape index (κ3) is 3.26. The van der Waals surface area contributed by atoms with Gasteiger partial charge >= 0.3 is 0 Å². The molecule has 27 heavy (non-hydrogen) atoms. The fourth-order valence-electron chi connectivity index (χ4n) is 3.80. The van der Waals surface area contributed by atoms with E-state index in [9.17, 15) is 9.90 Å². The first kappa shape index (κ1) is 17.5. The Hall–Kier alpha value is -2.91. The maximum absolute atomic E-state index is 13.4. The smallest absolute Gasteiger partial charge is 0.195 e. The highest BCUT2D eigenvalue weighted by molar-refractivity contribution is 6.21. The summed E-state index contributed by atoms with van der Waals surface area (Å²) in [6.45, 7) is 2.56. The van der Waals surface area contributed by atoms with Crippen LogP contribution in [0.1, 0.15) is 35.7 Å². The van der Waals surface area contributed by atoms with E-state index in [4.69, 9.17) is 0 Å². The summed E-state index contributed by atoms with van der Waals surface area (Å²) < 4.78 is 2.01. The number of aliphatic hydroxyl groups excluding tert-OH is 1. The molecule has 1 heterocycles. The van der Waals surface area contributed by atoms with Crippen LogP contribution < -0.4 is 0 Å². The maximum atomic E-state index is 13.4. The second kappa shape index (κ2) is 7.37. The highest BCUT2D eigenvalue weighted by atomic mass is 16.3. The number of para-hydroxylation sites is 1. The van der Waals surface area contributed by atoms with Gasteiger partial charge in [-0.15, -0.1) is 0 Å². The SMILES string of the molecule is CCCC(O)Cn1cc(C(=O)c2cccc3ccccc23)c2ccccc21. The molecule has 0 aliphatic carbocycles. The summed E-state index contributed by atoms with van der Waals surface area (Å²) in [4.78, 5) is 13.4. The van der Waals surface area contributed by atoms with E-state index in [2.05, 4.69) is 6.92 Å². The Bertz CT molecular complexity index is 1100. The molecular formula is C24H23NO2. The van der Waals surface area contributed by atoms with Crippen LogP contribution in [0.4, 0.5) is 0 Å². The molecule has 1 N–H and O–H groups in total. The molecule has 0 saturated carbocycles. The topological polar surface area (TPSA) is 42.2 Å². The van der Waals surface area contributed by atoms with Crippen molar-refractivity contribution in [2.75, 3.05) is 0 Å². The molecular weight excluding hydrogens is 334 g/mol. The van der Waals surface area contributed by atoms with Crippen LogP contribution in [0.3, 0.4) is 0 Å². The van der Waals surface area contributed by atoms with Gasteiger partial charge < -0.3 is 9.67 Å². The van der Waals surface area contributed by atoms with Crippen LogP contribution in [0.2, 0.25) is 0 Å². The zero-order valence-electron chi connectivity index (χ0n) is 15.4. The summed E-state index contributed by atoms with van der Waals surface area (Å²) in [6, 6.07) is 21.7. The molecule has 3 aromatic carbocycles. The van der Waals surface area contributed by atoms with Gasteiger partial charge in [0.05, 0.1) is 6.10 Å². The van der Waals surface area contributed by atoms with Crippen molar-refractivity contribution in [2.24, 2.45) is 0 Å². The van der Waals surface area contributed by atoms with Crippen LogP contribution in [-0.2, 0) is 6.54 Å². The van der Waals surface area contributed by atoms with Crippen molar-refractivity contribution in [2.45, 2.75) is 32.4 Å². The second-order valence-corrected chi connectivity index (χ2v) is 7.01. The molecule has 0 aliphatic rings. The summed E-state index contributed by atoms with van der Waals surface area (Å²) in [5, 5.41) is 13.2. The quantitative estimate of drug-likeness (QED) is 0.483. The molecule has 136 valence electrons. The number of carbonyl (C=O) groups is 1. The lowest BCUT2D eigenvalue weighted by Gasteiger charge is -2.11. The first-order valence-electron chi connectivity index (χ1n) is 9.47. The summed E-state index contributed by atoms with van der Waals surface area (Å²) >= 11 is 0. The van der Waals surface area contributed by atoms with Gasteiger partial charge in [-0.2, -0.15) is 0 Å². The third-order valence-electron chi connectivity index (χ3n) is 5.10. The molecule has 0 spiro atoms. The molecule has 3 heteroatoms. The first-order chi connectivity index (χ1) is 13.2. The molecule has 0 amide bonds. The zero-order chi connectivity index (χ0) is 18.8. The van der Waals surface area contributed by atoms with Crippen LogP contribution in [0.5, 0.6) is 0 Å². The molecule has 1 aromatic heterocycles. The fraction of sp³-hybridized carbons (Fsp3) is 0.208. The average Bonchev–Trinajstić information content (AvgIpc) is 3.06. The Morgan fingerprint density at radius 1 is 0.926 bits per heavy atom. The Kier molecular flexibility index (Phi) is 4.78. The van der Waals surface area contributed by atoms with Crippen molar-refractivity contribution in [1.82, 2.24) is 4.57 Å². The van der Waals surface area contributed by atoms with Gasteiger partial charge in [0.15, 0.2) is 5.78 Å². The van der Waals surface area contributed by atoms with Crippen molar-refractivity contribution in [3.8, 4) is 0 Å². The third-order valence-corrected chi connectivity index (χ3v) is 5.10. The Labute approximate surface area is 158 Å². The predicted octanol–water partition coefficient (Wildman–Crippen LogP) is 5.19. The number of rotatable bonds is 6. The van der Waals surface area contributed by atoms with E-state index in [0.29, 0.717) is 17.7 Å². The molecule has 0 radical (unpaired) electrons. The minimum absolute atomic E-state index is 0.0201. The summed E-state index contributed by atoms with van der Waals surface area (Å²) in [5.74, 6) is 0.0201. The van der Waals surface area contributed by atoms with Gasteiger partial charge in [0.2, 0.25) is 0 Å². The number of aromatic nitrogens is 1. The van der Waals surface area contributed by atoms with Crippen LogP contribution in [0.15, 0.2) is 72.9 Å². The summed E-state index contributed by atoms with van der Waals surface area (Å²) in [5.41, 5.74) is 2.38. The van der Waals surface area contributed by atoms with Crippen LogP contribution >= 0.6 is 0 Å². The van der Waals surface area contributed by atoms with Crippen molar-refractivity contribution in [3.63, 3.8) is 0 Å². The number of benzene rings is 3. The first-order valence-corrected chi connectivity index (χ1v) is 9.47. The van der Waals surface area contributed by atoms with E-state index in [1.54, 1.807) is 0 Å². The van der Waals surface area contributed by atoms with Crippen molar-refractivity contribution in [1.29, 1.82) is 0 Å². The van der Waals surface area contributed by atoms with Crippen molar-refractivity contribution < 1.29 is 9.90 Å². The number of aliphatic hydroxyl groups is 1. The lowest BCUT2D eigenvalue weighted by atomic mass is 9.97. The molecule has 3 nitrogen and oxygen atoms in total. The van der Waals surface area contributed by atoms with Gasteiger partial charge in [-0.3, -0.25) is 4.79 Å². The molecule has 1 atom stereocenters. The minimum atomic E-state index is -0.411. The van der Waals surface area contributed by atoms with E-state index >= 15 is 0 Å². The molecule has 0 bridgehead atoms. The van der Waals surface area contributed by atoms with Gasteiger partial charge in [-0.25, -0.2) is 0 Å². The van der Waals surface area contributed by atoms with E-state index in [1.807, 2.05) is 77.5 Å². The van der Waals surface area contributed by atoms with Crippen LogP contribution in [-0.4, -0.2) is 21.6 Å². The van der Waals surface area contributed by atoms with Gasteiger partial charge in [0, 0.05) is 34.8 Å². The molecule has 1 unspecified atom stereocenters. The Morgan fingerprint density at radius 2 is 1.63 bits per heavy atom. The molecule has 0 aliphatic heterocycles. The number of hydrogen-bond donors (Lipinski definition) is 1. The second-order valence-electron chi connectivity index (χ2n) is 7.01. The fourth-order valence-corrected chi connectivity index (χ4v) is 3.80. The van der Waals surface area contributed by atoms with E-state index in [0.717, 1.165) is 34.5 Å². The zero-order valence-corrected chi connectivity index (χ0v) is 15.4. The molecule has 0 fully saturated rings. The molecule has 0 saturated heterocycles. The number of ketones is 1. The van der Waals surface area contributed by atoms with Gasteiger partial charge in [0.1, 0.15) is 0 Å². The van der Waals surface area contributed by atoms with E-state index in [-0.39, 0.29) is 5.78 Å². The highest BCUT2D eigenvalue weighted by Crippen LogP contribution is 2.27. The normalized spacial score (nSPS) is 12.5. The number of fused-ring (bicyclic) bond motifs is 2. The van der Waals surface area contributed by atoms with Crippen LogP contribution in [0.25, 0.3) is 21.7 Å². The Balaban J connectivity index is 1.82. The monoisotopic (exact) mass is 357 g/mol. The summed E-state index contributed by atoms with van der Waals surface area (Å²) in [6.07, 6.45) is 3.17. The van der Waals surface area contributed by atoms with Gasteiger partial charge in [-0.1, -0.05) is 74.0 Å². The summed E-state index contributed by atoms with van der Waals surface area (Å²) in [7, 11) is 0. The Morgan fingerprint density at radius 3 is 2.44 bits per heavy atom.